The van der Waals surface area contributed by atoms with Gasteiger partial charge in [0.1, 0.15) is 23.9 Å². The molecule has 0 saturated heterocycles. The lowest BCUT2D eigenvalue weighted by atomic mass is 10.2. The Morgan fingerprint density at radius 2 is 1.61 bits per heavy atom. The zero-order valence-corrected chi connectivity index (χ0v) is 18.7. The van der Waals surface area contributed by atoms with Crippen LogP contribution < -0.4 is 14.9 Å². The van der Waals surface area contributed by atoms with Crippen LogP contribution in [-0.2, 0) is 6.61 Å². The lowest BCUT2D eigenvalue weighted by molar-refractivity contribution is 0.0923. The number of furan rings is 1. The topological polar surface area (TPSA) is 78.0 Å². The van der Waals surface area contributed by atoms with E-state index in [2.05, 4.69) is 41.1 Å². The molecule has 0 unspecified atom stereocenters. The van der Waals surface area contributed by atoms with Crippen molar-refractivity contribution in [2.45, 2.75) is 20.5 Å². The first-order chi connectivity index (χ1) is 16.0. The number of ether oxygens (including phenoxy) is 2. The molecule has 0 aliphatic rings. The summed E-state index contributed by atoms with van der Waals surface area (Å²) in [5.41, 5.74) is 6.72. The van der Waals surface area contributed by atoms with Crippen molar-refractivity contribution >= 4 is 12.1 Å². The molecule has 7 nitrogen and oxygen atoms in total. The molecule has 0 saturated carbocycles. The molecule has 0 radical (unpaired) electrons. The smallest absolute Gasteiger partial charge is 0.307 e. The first-order valence-electron chi connectivity index (χ1n) is 10.5. The fourth-order valence-electron chi connectivity index (χ4n) is 3.41. The van der Waals surface area contributed by atoms with Gasteiger partial charge in [-0.2, -0.15) is 5.10 Å². The number of nitrogens with zero attached hydrogens (tertiary/aromatic N) is 2. The van der Waals surface area contributed by atoms with E-state index in [-0.39, 0.29) is 12.4 Å². The maximum absolute atomic E-state index is 12.2. The molecule has 4 aromatic rings. The Kier molecular flexibility index (Phi) is 6.59. The van der Waals surface area contributed by atoms with E-state index in [1.165, 1.54) is 11.4 Å². The fraction of sp³-hybridized carbons (Fsp3) is 0.154. The Morgan fingerprint density at radius 3 is 2.27 bits per heavy atom. The van der Waals surface area contributed by atoms with E-state index in [4.69, 9.17) is 13.9 Å². The Bertz CT molecular complexity index is 1230. The predicted octanol–water partition coefficient (Wildman–Crippen LogP) is 5.04. The number of aryl methyl sites for hydroxylation is 2. The molecule has 2 aromatic carbocycles. The molecule has 7 heteroatoms. The maximum Gasteiger partial charge on any atom is 0.307 e. The highest BCUT2D eigenvalue weighted by atomic mass is 16.5. The molecular formula is C26H25N3O4. The number of nitrogens with one attached hydrogen (secondary N) is 1. The summed E-state index contributed by atoms with van der Waals surface area (Å²) in [7, 11) is 1.61. The minimum Gasteiger partial charge on any atom is -0.497 e. The Hall–Kier alpha value is -4.26. The van der Waals surface area contributed by atoms with Crippen molar-refractivity contribution in [2.24, 2.45) is 5.10 Å². The summed E-state index contributed by atoms with van der Waals surface area (Å²) in [5.74, 6) is 1.74. The third-order valence-electron chi connectivity index (χ3n) is 5.13. The SMILES string of the molecule is COc1ccc(C=NNC(=O)c2ccc(COc3ccc(-n4c(C)ccc4C)cc3)o2)cc1. The highest BCUT2D eigenvalue weighted by Gasteiger charge is 2.11. The van der Waals surface area contributed by atoms with Gasteiger partial charge in [0.05, 0.1) is 13.3 Å². The summed E-state index contributed by atoms with van der Waals surface area (Å²) in [6.45, 7) is 4.36. The highest BCUT2D eigenvalue weighted by Crippen LogP contribution is 2.21. The van der Waals surface area contributed by atoms with Crippen molar-refractivity contribution in [1.82, 2.24) is 9.99 Å². The van der Waals surface area contributed by atoms with Crippen molar-refractivity contribution < 1.29 is 18.7 Å². The molecule has 0 atom stereocenters. The summed E-state index contributed by atoms with van der Waals surface area (Å²) in [6, 6.07) is 22.7. The van der Waals surface area contributed by atoms with Crippen LogP contribution in [0.25, 0.3) is 5.69 Å². The van der Waals surface area contributed by atoms with Gasteiger partial charge >= 0.3 is 5.91 Å². The predicted molar refractivity (Wildman–Crippen MR) is 126 cm³/mol. The van der Waals surface area contributed by atoms with E-state index in [0.717, 1.165) is 17.0 Å². The van der Waals surface area contributed by atoms with Gasteiger partial charge < -0.3 is 18.5 Å². The zero-order valence-electron chi connectivity index (χ0n) is 18.7. The first-order valence-corrected chi connectivity index (χ1v) is 10.5. The second-order valence-corrected chi connectivity index (χ2v) is 7.47. The summed E-state index contributed by atoms with van der Waals surface area (Å²) in [6.07, 6.45) is 1.55. The lowest BCUT2D eigenvalue weighted by Crippen LogP contribution is -2.16. The molecule has 1 N–H and O–H groups in total. The van der Waals surface area contributed by atoms with Gasteiger partial charge in [0.25, 0.3) is 0 Å². The molecule has 4 rings (SSSR count). The lowest BCUT2D eigenvalue weighted by Gasteiger charge is -2.10. The summed E-state index contributed by atoms with van der Waals surface area (Å²) in [5, 5.41) is 3.96. The Morgan fingerprint density at radius 1 is 0.939 bits per heavy atom. The van der Waals surface area contributed by atoms with Crippen LogP contribution in [0.4, 0.5) is 0 Å². The van der Waals surface area contributed by atoms with Crippen molar-refractivity contribution in [3.05, 3.63) is 101 Å². The second-order valence-electron chi connectivity index (χ2n) is 7.47. The first kappa shape index (κ1) is 22.0. The standard InChI is InChI=1S/C26H25N3O4/c1-18-4-5-19(2)29(18)21-8-12-23(13-9-21)32-17-24-14-15-25(33-24)26(30)28-27-16-20-6-10-22(31-3)11-7-20/h4-16H,17H2,1-3H3,(H,28,30). The van der Waals surface area contributed by atoms with Crippen molar-refractivity contribution in [2.75, 3.05) is 7.11 Å². The molecule has 33 heavy (non-hydrogen) atoms. The largest absolute Gasteiger partial charge is 0.497 e. The summed E-state index contributed by atoms with van der Waals surface area (Å²) in [4.78, 5) is 12.2. The number of hydrazone groups is 1. The molecule has 0 aliphatic carbocycles. The van der Waals surface area contributed by atoms with Crippen LogP contribution in [-0.4, -0.2) is 23.8 Å². The normalized spacial score (nSPS) is 11.0. The van der Waals surface area contributed by atoms with Gasteiger partial charge in [0.15, 0.2) is 5.76 Å². The molecule has 2 heterocycles. The monoisotopic (exact) mass is 443 g/mol. The van der Waals surface area contributed by atoms with E-state index in [1.807, 2.05) is 48.5 Å². The summed E-state index contributed by atoms with van der Waals surface area (Å²) >= 11 is 0. The Labute approximate surface area is 192 Å². The molecule has 2 aromatic heterocycles. The van der Waals surface area contributed by atoms with Gasteiger partial charge in [0, 0.05) is 17.1 Å². The third-order valence-corrected chi connectivity index (χ3v) is 5.13. The molecule has 0 spiro atoms. The number of benzene rings is 2. The number of hydrogen-bond acceptors (Lipinski definition) is 5. The molecule has 0 bridgehead atoms. The average Bonchev–Trinajstić information content (AvgIpc) is 3.45. The molecule has 0 aliphatic heterocycles. The fourth-order valence-corrected chi connectivity index (χ4v) is 3.41. The van der Waals surface area contributed by atoms with Gasteiger partial charge in [-0.25, -0.2) is 5.43 Å². The highest BCUT2D eigenvalue weighted by molar-refractivity contribution is 5.92. The number of methoxy groups -OCH3 is 1. The zero-order chi connectivity index (χ0) is 23.2. The van der Waals surface area contributed by atoms with Gasteiger partial charge in [-0.3, -0.25) is 4.79 Å². The quantitative estimate of drug-likeness (QED) is 0.306. The van der Waals surface area contributed by atoms with Crippen molar-refractivity contribution in [3.8, 4) is 17.2 Å². The van der Waals surface area contributed by atoms with E-state index in [1.54, 1.807) is 25.5 Å². The molecule has 168 valence electrons. The number of aromatic nitrogens is 1. The molecule has 0 fully saturated rings. The van der Waals surface area contributed by atoms with Gasteiger partial charge in [-0.1, -0.05) is 0 Å². The van der Waals surface area contributed by atoms with Crippen LogP contribution in [0.5, 0.6) is 11.5 Å². The van der Waals surface area contributed by atoms with Gasteiger partial charge in [0.2, 0.25) is 0 Å². The van der Waals surface area contributed by atoms with Crippen molar-refractivity contribution in [1.29, 1.82) is 0 Å². The van der Waals surface area contributed by atoms with Gasteiger partial charge in [-0.15, -0.1) is 0 Å². The van der Waals surface area contributed by atoms with E-state index < -0.39 is 5.91 Å². The Balaban J connectivity index is 1.30. The molecular weight excluding hydrogens is 418 g/mol. The van der Waals surface area contributed by atoms with E-state index >= 15 is 0 Å². The average molecular weight is 444 g/mol. The second kappa shape index (κ2) is 9.91. The summed E-state index contributed by atoms with van der Waals surface area (Å²) < 4.78 is 18.7. The number of rotatable bonds is 8. The molecule has 1 amide bonds. The van der Waals surface area contributed by atoms with Crippen LogP contribution >= 0.6 is 0 Å². The van der Waals surface area contributed by atoms with Crippen LogP contribution in [0.15, 0.2) is 82.3 Å². The number of amides is 1. The van der Waals surface area contributed by atoms with Crippen LogP contribution in [0.1, 0.15) is 33.3 Å². The number of carbonyl (C=O) groups excluding carboxylic acids is 1. The van der Waals surface area contributed by atoms with Crippen LogP contribution in [0, 0.1) is 13.8 Å². The number of hydrogen-bond donors (Lipinski definition) is 1. The maximum atomic E-state index is 12.2. The minimum atomic E-state index is -0.437. The third kappa shape index (κ3) is 5.33. The van der Waals surface area contributed by atoms with Crippen LogP contribution in [0.2, 0.25) is 0 Å². The van der Waals surface area contributed by atoms with Crippen molar-refractivity contribution in [3.63, 3.8) is 0 Å². The van der Waals surface area contributed by atoms with Crippen LogP contribution in [0.3, 0.4) is 0 Å². The van der Waals surface area contributed by atoms with E-state index in [0.29, 0.717) is 11.5 Å². The number of carbonyl (C=O) groups is 1. The van der Waals surface area contributed by atoms with E-state index in [9.17, 15) is 4.79 Å². The van der Waals surface area contributed by atoms with Gasteiger partial charge in [-0.05, 0) is 92.2 Å². The minimum absolute atomic E-state index is 0.161.